The normalized spacial score (nSPS) is 25.9. The molecule has 1 aliphatic carbocycles. The summed E-state index contributed by atoms with van der Waals surface area (Å²) in [4.78, 5) is 31.1. The van der Waals surface area contributed by atoms with Gasteiger partial charge in [0, 0.05) is 22.9 Å². The maximum atomic E-state index is 14.6. The molecule has 3 aromatic heterocycles. The van der Waals surface area contributed by atoms with E-state index in [2.05, 4.69) is 30.2 Å². The number of aromatic nitrogens is 4. The molecule has 142 valence electrons. The maximum absolute atomic E-state index is 14.6. The number of thioether (sulfide) groups is 1. The fourth-order valence-corrected chi connectivity index (χ4v) is 5.01. The second-order valence-electron chi connectivity index (χ2n) is 7.09. The van der Waals surface area contributed by atoms with Crippen molar-refractivity contribution in [3.8, 4) is 0 Å². The second-order valence-corrected chi connectivity index (χ2v) is 8.35. The van der Waals surface area contributed by atoms with Gasteiger partial charge in [0.1, 0.15) is 5.52 Å². The van der Waals surface area contributed by atoms with Crippen LogP contribution in [0, 0.1) is 11.9 Å². The van der Waals surface area contributed by atoms with E-state index in [9.17, 15) is 9.18 Å². The Hall–Kier alpha value is -3.01. The van der Waals surface area contributed by atoms with E-state index in [0.717, 1.165) is 6.42 Å². The Kier molecular flexibility index (Phi) is 3.66. The smallest absolute Gasteiger partial charge is 0.266 e. The van der Waals surface area contributed by atoms with Crippen molar-refractivity contribution >= 4 is 39.5 Å². The Balaban J connectivity index is 1.56. The average Bonchev–Trinajstić information content (AvgIpc) is 3.43. The molecule has 0 bridgehead atoms. The van der Waals surface area contributed by atoms with Crippen LogP contribution in [0.5, 0.6) is 0 Å². The number of aromatic amines is 1. The molecule has 1 aliphatic heterocycles. The van der Waals surface area contributed by atoms with E-state index in [1.165, 1.54) is 12.4 Å². The number of nitrogens with two attached hydrogens (primary N) is 1. The van der Waals surface area contributed by atoms with Gasteiger partial charge >= 0.3 is 0 Å². The van der Waals surface area contributed by atoms with Crippen LogP contribution in [0.2, 0.25) is 0 Å². The third kappa shape index (κ3) is 2.71. The first-order valence-electron chi connectivity index (χ1n) is 8.73. The molecule has 0 radical (unpaired) electrons. The number of nitrogens with zero attached hydrogens (tertiary/aromatic N) is 4. The Morgan fingerprint density at radius 3 is 3.07 bits per heavy atom. The maximum Gasteiger partial charge on any atom is 0.266 e. The highest BCUT2D eigenvalue weighted by molar-refractivity contribution is 8.14. The van der Waals surface area contributed by atoms with Crippen molar-refractivity contribution in [3.05, 3.63) is 52.6 Å². The van der Waals surface area contributed by atoms with Crippen molar-refractivity contribution in [1.29, 1.82) is 0 Å². The van der Waals surface area contributed by atoms with Crippen molar-refractivity contribution in [2.75, 3.05) is 5.32 Å². The Bertz CT molecular complexity index is 1200. The average molecular weight is 397 g/mol. The molecule has 0 saturated heterocycles. The summed E-state index contributed by atoms with van der Waals surface area (Å²) in [6.45, 7) is 1.90. The van der Waals surface area contributed by atoms with E-state index < -0.39 is 11.5 Å². The highest BCUT2D eigenvalue weighted by Crippen LogP contribution is 2.57. The molecule has 10 heteroatoms. The van der Waals surface area contributed by atoms with Gasteiger partial charge in [0.2, 0.25) is 5.95 Å². The lowest BCUT2D eigenvalue weighted by molar-refractivity contribution is 0.400. The summed E-state index contributed by atoms with van der Waals surface area (Å²) in [6.07, 6.45) is 5.09. The molecule has 8 nitrogen and oxygen atoms in total. The minimum Gasteiger partial charge on any atom is -0.379 e. The molecule has 1 saturated carbocycles. The van der Waals surface area contributed by atoms with E-state index >= 15 is 0 Å². The van der Waals surface area contributed by atoms with Gasteiger partial charge in [-0.3, -0.25) is 9.79 Å². The van der Waals surface area contributed by atoms with Gasteiger partial charge in [0.25, 0.3) is 5.56 Å². The topological polar surface area (TPSA) is 122 Å². The quantitative estimate of drug-likeness (QED) is 0.580. The highest BCUT2D eigenvalue weighted by Gasteiger charge is 2.55. The van der Waals surface area contributed by atoms with E-state index in [1.807, 2.05) is 6.92 Å². The number of pyridine rings is 2. The summed E-state index contributed by atoms with van der Waals surface area (Å²) in [7, 11) is 0. The summed E-state index contributed by atoms with van der Waals surface area (Å²) in [5.41, 5.74) is 6.91. The van der Waals surface area contributed by atoms with Gasteiger partial charge in [0.15, 0.2) is 11.0 Å². The van der Waals surface area contributed by atoms with Crippen molar-refractivity contribution in [2.24, 2.45) is 16.6 Å². The predicted octanol–water partition coefficient (Wildman–Crippen LogP) is 2.26. The number of nitrogens with one attached hydrogen (secondary N) is 2. The first kappa shape index (κ1) is 17.1. The number of halogens is 1. The van der Waals surface area contributed by atoms with Gasteiger partial charge in [-0.05, 0) is 25.5 Å². The van der Waals surface area contributed by atoms with Gasteiger partial charge in [-0.2, -0.15) is 4.39 Å². The van der Waals surface area contributed by atoms with Crippen molar-refractivity contribution < 1.29 is 4.39 Å². The van der Waals surface area contributed by atoms with Crippen LogP contribution in [0.1, 0.15) is 18.9 Å². The molecule has 2 aliphatic rings. The van der Waals surface area contributed by atoms with Crippen LogP contribution < -0.4 is 16.6 Å². The zero-order chi connectivity index (χ0) is 19.5. The third-order valence-electron chi connectivity index (χ3n) is 5.21. The largest absolute Gasteiger partial charge is 0.379 e. The number of rotatable bonds is 3. The summed E-state index contributed by atoms with van der Waals surface area (Å²) in [5.74, 6) is 0.110. The molecule has 1 fully saturated rings. The number of anilines is 2. The van der Waals surface area contributed by atoms with Gasteiger partial charge in [0.05, 0.1) is 29.1 Å². The van der Waals surface area contributed by atoms with E-state index in [1.54, 1.807) is 30.1 Å². The number of aliphatic imine (C=N–C) groups is 1. The summed E-state index contributed by atoms with van der Waals surface area (Å²) < 4.78 is 14.6. The summed E-state index contributed by atoms with van der Waals surface area (Å²) in [5, 5.41) is 3.97. The molecule has 3 atom stereocenters. The number of hydrogen-bond donors (Lipinski definition) is 3. The zero-order valence-corrected chi connectivity index (χ0v) is 15.6. The van der Waals surface area contributed by atoms with Crippen LogP contribution >= 0.6 is 11.8 Å². The Morgan fingerprint density at radius 1 is 1.36 bits per heavy atom. The van der Waals surface area contributed by atoms with E-state index in [0.29, 0.717) is 38.5 Å². The standard InChI is InChI=1S/C18H16FN7OS/c1-18(9-5-12(9)28-17(20)26-18)10-4-8(6-23-15(10)19)24-16-14-11(2-3-21-16)25-13(27)7-22-14/h2-4,6-7,9,12H,5H2,1H3,(H2,20,26)(H,21,24)(H,25,27)/t9-,12+,18-/m1/s1. The number of hydrogen-bond acceptors (Lipinski definition) is 8. The van der Waals surface area contributed by atoms with Crippen LogP contribution in [0.3, 0.4) is 0 Å². The fourth-order valence-electron chi connectivity index (χ4n) is 3.72. The molecule has 0 unspecified atom stereocenters. The summed E-state index contributed by atoms with van der Waals surface area (Å²) >= 11 is 1.55. The molecule has 0 aromatic carbocycles. The fraction of sp³-hybridized carbons (Fsp3) is 0.278. The van der Waals surface area contributed by atoms with Crippen LogP contribution in [-0.4, -0.2) is 30.4 Å². The minimum atomic E-state index is -0.746. The van der Waals surface area contributed by atoms with E-state index in [4.69, 9.17) is 5.73 Å². The first-order valence-corrected chi connectivity index (χ1v) is 9.61. The van der Waals surface area contributed by atoms with Gasteiger partial charge in [-0.1, -0.05) is 11.8 Å². The van der Waals surface area contributed by atoms with Crippen molar-refractivity contribution in [1.82, 2.24) is 19.9 Å². The second kappa shape index (κ2) is 5.99. The first-order chi connectivity index (χ1) is 13.4. The minimum absolute atomic E-state index is 0.235. The molecule has 0 amide bonds. The monoisotopic (exact) mass is 397 g/mol. The van der Waals surface area contributed by atoms with Crippen molar-refractivity contribution in [2.45, 2.75) is 24.1 Å². The number of fused-ring (bicyclic) bond motifs is 2. The zero-order valence-electron chi connectivity index (χ0n) is 14.8. The molecule has 4 N–H and O–H groups in total. The molecule has 3 aromatic rings. The summed E-state index contributed by atoms with van der Waals surface area (Å²) in [6, 6.07) is 3.35. The SMILES string of the molecule is C[C@@]1(c2cc(Nc3nccc4[nH]c(=O)cnc34)cnc2F)N=C(N)S[C@H]2C[C@H]21. The molecular formula is C18H16FN7OS. The van der Waals surface area contributed by atoms with Gasteiger partial charge in [-0.25, -0.2) is 15.0 Å². The highest BCUT2D eigenvalue weighted by atomic mass is 32.2. The lowest BCUT2D eigenvalue weighted by Crippen LogP contribution is -2.32. The lowest BCUT2D eigenvalue weighted by Gasteiger charge is -2.30. The number of H-pyrrole nitrogens is 1. The molecule has 28 heavy (non-hydrogen) atoms. The number of amidine groups is 1. The van der Waals surface area contributed by atoms with Gasteiger partial charge < -0.3 is 16.0 Å². The third-order valence-corrected chi connectivity index (χ3v) is 6.37. The molecule has 0 spiro atoms. The van der Waals surface area contributed by atoms with Crippen LogP contribution in [0.4, 0.5) is 15.9 Å². The van der Waals surface area contributed by atoms with Crippen molar-refractivity contribution in [3.63, 3.8) is 0 Å². The Labute approximate surface area is 162 Å². The molecule has 5 rings (SSSR count). The Morgan fingerprint density at radius 2 is 2.21 bits per heavy atom. The van der Waals surface area contributed by atoms with E-state index in [-0.39, 0.29) is 11.5 Å². The van der Waals surface area contributed by atoms with Crippen LogP contribution in [0.15, 0.2) is 40.5 Å². The van der Waals surface area contributed by atoms with Gasteiger partial charge in [-0.15, -0.1) is 0 Å². The predicted molar refractivity (Wildman–Crippen MR) is 106 cm³/mol. The van der Waals surface area contributed by atoms with Crippen LogP contribution in [-0.2, 0) is 5.54 Å². The van der Waals surface area contributed by atoms with Crippen LogP contribution in [0.25, 0.3) is 11.0 Å². The molecule has 4 heterocycles. The lowest BCUT2D eigenvalue weighted by atomic mass is 9.88. The molecular weight excluding hydrogens is 381 g/mol.